The zero-order valence-electron chi connectivity index (χ0n) is 13.3. The highest BCUT2D eigenvalue weighted by Crippen LogP contribution is 2.33. The number of aliphatic carboxylic acids is 1. The highest BCUT2D eigenvalue weighted by molar-refractivity contribution is 8.00. The van der Waals surface area contributed by atoms with Gasteiger partial charge >= 0.3 is 12.0 Å². The molecule has 122 valence electrons. The number of carbonyl (C=O) groups is 2. The van der Waals surface area contributed by atoms with E-state index < -0.39 is 12.0 Å². The third-order valence-corrected chi connectivity index (χ3v) is 5.05. The van der Waals surface area contributed by atoms with Crippen LogP contribution >= 0.6 is 11.8 Å². The summed E-state index contributed by atoms with van der Waals surface area (Å²) in [4.78, 5) is 27.2. The zero-order valence-corrected chi connectivity index (χ0v) is 14.2. The normalized spacial score (nSPS) is 22.1. The van der Waals surface area contributed by atoms with Crippen molar-refractivity contribution in [2.75, 3.05) is 32.9 Å². The van der Waals surface area contributed by atoms with E-state index in [9.17, 15) is 14.7 Å². The van der Waals surface area contributed by atoms with Gasteiger partial charge in [0.15, 0.2) is 0 Å². The summed E-state index contributed by atoms with van der Waals surface area (Å²) in [6.07, 6.45) is 1.91. The fourth-order valence-electron chi connectivity index (χ4n) is 2.33. The van der Waals surface area contributed by atoms with E-state index in [4.69, 9.17) is 0 Å². The molecule has 0 radical (unpaired) electrons. The van der Waals surface area contributed by atoms with E-state index in [0.717, 1.165) is 19.4 Å². The molecule has 21 heavy (non-hydrogen) atoms. The Morgan fingerprint density at radius 1 is 1.38 bits per heavy atom. The number of unbranched alkanes of at least 4 members (excludes halogenated alkanes) is 1. The topological polar surface area (TPSA) is 72.9 Å². The Bertz CT molecular complexity index is 363. The van der Waals surface area contributed by atoms with Crippen LogP contribution in [0.15, 0.2) is 0 Å². The lowest BCUT2D eigenvalue weighted by Gasteiger charge is -2.29. The van der Waals surface area contributed by atoms with Gasteiger partial charge in [-0.05, 0) is 39.4 Å². The van der Waals surface area contributed by atoms with Crippen molar-refractivity contribution in [3.63, 3.8) is 0 Å². The number of amides is 2. The van der Waals surface area contributed by atoms with Crippen LogP contribution in [-0.4, -0.2) is 71.3 Å². The zero-order chi connectivity index (χ0) is 16.0. The summed E-state index contributed by atoms with van der Waals surface area (Å²) >= 11 is 1.55. The number of nitrogens with one attached hydrogen (secondary N) is 1. The molecule has 2 N–H and O–H groups in total. The van der Waals surface area contributed by atoms with E-state index in [1.807, 2.05) is 27.9 Å². The second kappa shape index (κ2) is 8.48. The fraction of sp³-hybridized carbons (Fsp3) is 0.857. The van der Waals surface area contributed by atoms with Gasteiger partial charge in [-0.1, -0.05) is 13.8 Å². The van der Waals surface area contributed by atoms with Crippen molar-refractivity contribution >= 4 is 23.8 Å². The second-order valence-corrected chi connectivity index (χ2v) is 7.12. The minimum absolute atomic E-state index is 0.0622. The largest absolute Gasteiger partial charge is 0.480 e. The first kappa shape index (κ1) is 18.1. The summed E-state index contributed by atoms with van der Waals surface area (Å²) in [5, 5.41) is 12.1. The molecule has 1 aliphatic rings. The lowest BCUT2D eigenvalue weighted by atomic mass is 10.1. The number of hydrogen-bond acceptors (Lipinski definition) is 4. The molecule has 0 aliphatic carbocycles. The van der Waals surface area contributed by atoms with Gasteiger partial charge in [0.25, 0.3) is 0 Å². The summed E-state index contributed by atoms with van der Waals surface area (Å²) in [7, 11) is 4.04. The van der Waals surface area contributed by atoms with Gasteiger partial charge in [0.2, 0.25) is 0 Å². The third-order valence-electron chi connectivity index (χ3n) is 3.43. The molecule has 1 saturated heterocycles. The standard InChI is InChI=1S/C14H27N3O3S/c1-10(2)12-17(11(9-21-12)13(18)19)14(20)15-7-5-6-8-16(3)4/h10-12H,5-9H2,1-4H3,(H,15,20)(H,18,19). The Morgan fingerprint density at radius 2 is 2.05 bits per heavy atom. The molecular formula is C14H27N3O3S. The van der Waals surface area contributed by atoms with Crippen molar-refractivity contribution < 1.29 is 14.7 Å². The van der Waals surface area contributed by atoms with Crippen LogP contribution in [0.5, 0.6) is 0 Å². The molecule has 1 heterocycles. The van der Waals surface area contributed by atoms with Gasteiger partial charge in [0, 0.05) is 12.3 Å². The maximum Gasteiger partial charge on any atom is 0.327 e. The van der Waals surface area contributed by atoms with Crippen LogP contribution in [0, 0.1) is 5.92 Å². The molecule has 1 fully saturated rings. The average Bonchev–Trinajstić information content (AvgIpc) is 2.82. The highest BCUT2D eigenvalue weighted by atomic mass is 32.2. The molecule has 0 spiro atoms. The number of urea groups is 1. The number of carbonyl (C=O) groups excluding carboxylic acids is 1. The molecule has 0 bridgehead atoms. The predicted molar refractivity (Wildman–Crippen MR) is 85.5 cm³/mol. The molecule has 2 amide bonds. The summed E-state index contributed by atoms with van der Waals surface area (Å²) in [5.74, 6) is -0.223. The quantitative estimate of drug-likeness (QED) is 0.697. The summed E-state index contributed by atoms with van der Waals surface area (Å²) < 4.78 is 0. The third kappa shape index (κ3) is 5.39. The Balaban J connectivity index is 2.49. The van der Waals surface area contributed by atoms with Gasteiger partial charge in [-0.2, -0.15) is 0 Å². The number of carboxylic acids is 1. The molecule has 1 rings (SSSR count). The van der Waals surface area contributed by atoms with Gasteiger partial charge in [0.05, 0.1) is 5.37 Å². The van der Waals surface area contributed by atoms with Gasteiger partial charge in [-0.15, -0.1) is 11.8 Å². The van der Waals surface area contributed by atoms with Gasteiger partial charge < -0.3 is 15.3 Å². The van der Waals surface area contributed by atoms with Crippen LogP contribution in [0.2, 0.25) is 0 Å². The van der Waals surface area contributed by atoms with E-state index in [2.05, 4.69) is 10.2 Å². The van der Waals surface area contributed by atoms with Crippen molar-refractivity contribution in [3.8, 4) is 0 Å². The fourth-order valence-corrected chi connectivity index (χ4v) is 3.80. The first-order valence-electron chi connectivity index (χ1n) is 7.40. The minimum atomic E-state index is -0.923. The van der Waals surface area contributed by atoms with E-state index in [1.54, 1.807) is 11.8 Å². The maximum atomic E-state index is 12.3. The van der Waals surface area contributed by atoms with Gasteiger partial charge in [-0.25, -0.2) is 9.59 Å². The van der Waals surface area contributed by atoms with Crippen LogP contribution in [0.4, 0.5) is 4.79 Å². The molecule has 0 aromatic heterocycles. The molecule has 6 nitrogen and oxygen atoms in total. The first-order valence-corrected chi connectivity index (χ1v) is 8.44. The maximum absolute atomic E-state index is 12.3. The van der Waals surface area contributed by atoms with Gasteiger partial charge in [-0.3, -0.25) is 4.90 Å². The Labute approximate surface area is 131 Å². The number of carboxylic acid groups (broad SMARTS) is 1. The Kier molecular flexibility index (Phi) is 7.31. The van der Waals surface area contributed by atoms with E-state index in [0.29, 0.717) is 12.3 Å². The molecule has 1 aliphatic heterocycles. The Hall–Kier alpha value is -0.950. The van der Waals surface area contributed by atoms with Crippen LogP contribution in [0.3, 0.4) is 0 Å². The van der Waals surface area contributed by atoms with Crippen LogP contribution in [-0.2, 0) is 4.79 Å². The lowest BCUT2D eigenvalue weighted by molar-refractivity contribution is -0.141. The van der Waals surface area contributed by atoms with Crippen LogP contribution < -0.4 is 5.32 Å². The summed E-state index contributed by atoms with van der Waals surface area (Å²) in [6.45, 7) is 5.60. The molecule has 0 aromatic carbocycles. The van der Waals surface area contributed by atoms with Crippen LogP contribution in [0.25, 0.3) is 0 Å². The van der Waals surface area contributed by atoms with Crippen LogP contribution in [0.1, 0.15) is 26.7 Å². The predicted octanol–water partition coefficient (Wildman–Crippen LogP) is 1.52. The van der Waals surface area contributed by atoms with E-state index in [1.165, 1.54) is 4.90 Å². The second-order valence-electron chi connectivity index (χ2n) is 5.97. The highest BCUT2D eigenvalue weighted by Gasteiger charge is 2.42. The minimum Gasteiger partial charge on any atom is -0.480 e. The number of thioether (sulfide) groups is 1. The Morgan fingerprint density at radius 3 is 2.57 bits per heavy atom. The molecule has 7 heteroatoms. The van der Waals surface area contributed by atoms with E-state index in [-0.39, 0.29) is 17.3 Å². The van der Waals surface area contributed by atoms with E-state index >= 15 is 0 Å². The van der Waals surface area contributed by atoms with Crippen molar-refractivity contribution in [2.45, 2.75) is 38.1 Å². The van der Waals surface area contributed by atoms with Crippen molar-refractivity contribution in [3.05, 3.63) is 0 Å². The SMILES string of the molecule is CC(C)C1SCC(C(=O)O)N1C(=O)NCCCCN(C)C. The van der Waals surface area contributed by atoms with Gasteiger partial charge in [0.1, 0.15) is 6.04 Å². The van der Waals surface area contributed by atoms with Crippen molar-refractivity contribution in [2.24, 2.45) is 5.92 Å². The molecule has 2 unspecified atom stereocenters. The smallest absolute Gasteiger partial charge is 0.327 e. The molecule has 2 atom stereocenters. The lowest BCUT2D eigenvalue weighted by Crippen LogP contribution is -2.51. The van der Waals surface area contributed by atoms with Crippen molar-refractivity contribution in [1.29, 1.82) is 0 Å². The number of rotatable bonds is 7. The van der Waals surface area contributed by atoms with Crippen molar-refractivity contribution in [1.82, 2.24) is 15.1 Å². The summed E-state index contributed by atoms with van der Waals surface area (Å²) in [5.41, 5.74) is 0. The monoisotopic (exact) mass is 317 g/mol. The first-order chi connectivity index (χ1) is 9.84. The number of hydrogen-bond donors (Lipinski definition) is 2. The number of nitrogens with zero attached hydrogens (tertiary/aromatic N) is 2. The molecule has 0 aromatic rings. The average molecular weight is 317 g/mol. The molecular weight excluding hydrogens is 290 g/mol. The molecule has 0 saturated carbocycles. The summed E-state index contributed by atoms with van der Waals surface area (Å²) in [6, 6.07) is -0.972.